The topological polar surface area (TPSA) is 127 Å². The fourth-order valence-electron chi connectivity index (χ4n) is 5.35. The quantitative estimate of drug-likeness (QED) is 0.0525. The lowest BCUT2D eigenvalue weighted by Gasteiger charge is -2.07. The maximum atomic E-state index is 11.9. The first-order chi connectivity index (χ1) is 21.4. The molecule has 2 N–H and O–H groups in total. The highest BCUT2D eigenvalue weighted by molar-refractivity contribution is 5.69. The van der Waals surface area contributed by atoms with Crippen LogP contribution in [0.1, 0.15) is 193 Å². The number of aliphatic carboxylic acids is 2. The molecule has 8 heteroatoms. The van der Waals surface area contributed by atoms with Gasteiger partial charge in [0.25, 0.3) is 0 Å². The Morgan fingerprint density at radius 1 is 0.295 bits per heavy atom. The van der Waals surface area contributed by atoms with Crippen molar-refractivity contribution in [1.29, 1.82) is 0 Å². The van der Waals surface area contributed by atoms with Crippen LogP contribution in [0.4, 0.5) is 0 Å². The number of rotatable bonds is 35. The number of hydrogen-bond donors (Lipinski definition) is 2. The fourth-order valence-corrected chi connectivity index (χ4v) is 5.35. The minimum absolute atomic E-state index is 0.129. The van der Waals surface area contributed by atoms with Crippen molar-refractivity contribution >= 4 is 23.9 Å². The minimum Gasteiger partial charge on any atom is -0.481 e. The summed E-state index contributed by atoms with van der Waals surface area (Å²) in [6, 6.07) is 0. The standard InChI is InChI=1S/C36H66O8/c37-33(38)27-21-17-13-9-5-1-3-7-11-15-19-23-29-35(41)43-31-25-26-32-44-36(42)30-24-20-16-12-8-4-2-6-10-14-18-22-28-34(39)40/h1-32H2,(H,37,38)(H,39,40). The molecule has 0 saturated carbocycles. The van der Waals surface area contributed by atoms with Crippen molar-refractivity contribution in [3.63, 3.8) is 0 Å². The van der Waals surface area contributed by atoms with Crippen LogP contribution in [0, 0.1) is 0 Å². The summed E-state index contributed by atoms with van der Waals surface area (Å²) in [6.45, 7) is 0.783. The van der Waals surface area contributed by atoms with Gasteiger partial charge in [-0.15, -0.1) is 0 Å². The SMILES string of the molecule is O=C(O)CCCCCCCCCCCCCCC(=O)OCCCCOC(=O)CCCCCCCCCCCCCCC(=O)O. The van der Waals surface area contributed by atoms with Gasteiger partial charge in [-0.3, -0.25) is 19.2 Å². The molecule has 44 heavy (non-hydrogen) atoms. The molecular formula is C36H66O8. The van der Waals surface area contributed by atoms with Crippen molar-refractivity contribution < 1.29 is 38.9 Å². The van der Waals surface area contributed by atoms with E-state index in [1.165, 1.54) is 77.0 Å². The Morgan fingerprint density at radius 3 is 0.727 bits per heavy atom. The van der Waals surface area contributed by atoms with Crippen molar-refractivity contribution in [2.45, 2.75) is 193 Å². The van der Waals surface area contributed by atoms with Gasteiger partial charge in [0.15, 0.2) is 0 Å². The van der Waals surface area contributed by atoms with E-state index in [1.54, 1.807) is 0 Å². The van der Waals surface area contributed by atoms with Crippen LogP contribution in [0.15, 0.2) is 0 Å². The molecule has 8 nitrogen and oxygen atoms in total. The first-order valence-corrected chi connectivity index (χ1v) is 18.2. The lowest BCUT2D eigenvalue weighted by atomic mass is 10.0. The Bertz CT molecular complexity index is 636. The largest absolute Gasteiger partial charge is 0.481 e. The van der Waals surface area contributed by atoms with E-state index in [0.29, 0.717) is 51.7 Å². The molecule has 0 aliphatic carbocycles. The van der Waals surface area contributed by atoms with E-state index in [1.807, 2.05) is 0 Å². The van der Waals surface area contributed by atoms with Crippen LogP contribution >= 0.6 is 0 Å². The third kappa shape index (κ3) is 36.1. The molecule has 0 atom stereocenters. The molecule has 0 fully saturated rings. The summed E-state index contributed by atoms with van der Waals surface area (Å²) in [4.78, 5) is 44.7. The number of carbonyl (C=O) groups is 4. The van der Waals surface area contributed by atoms with E-state index in [0.717, 1.165) is 77.0 Å². The molecule has 0 rings (SSSR count). The van der Waals surface area contributed by atoms with Crippen LogP contribution < -0.4 is 0 Å². The molecular weight excluding hydrogens is 560 g/mol. The average molecular weight is 627 g/mol. The number of carboxylic acids is 2. The van der Waals surface area contributed by atoms with Gasteiger partial charge >= 0.3 is 23.9 Å². The number of esters is 2. The molecule has 0 aromatic heterocycles. The smallest absolute Gasteiger partial charge is 0.305 e. The Balaban J connectivity index is 3.27. The summed E-state index contributed by atoms with van der Waals surface area (Å²) >= 11 is 0. The highest BCUT2D eigenvalue weighted by atomic mass is 16.5. The zero-order valence-corrected chi connectivity index (χ0v) is 28.0. The van der Waals surface area contributed by atoms with Crippen molar-refractivity contribution in [2.24, 2.45) is 0 Å². The van der Waals surface area contributed by atoms with E-state index in [-0.39, 0.29) is 11.9 Å². The van der Waals surface area contributed by atoms with Gasteiger partial charge in [-0.05, 0) is 38.5 Å². The molecule has 0 amide bonds. The van der Waals surface area contributed by atoms with Crippen LogP contribution in [0.3, 0.4) is 0 Å². The molecule has 0 aromatic rings. The summed E-state index contributed by atoms with van der Waals surface area (Å²) in [5, 5.41) is 17.2. The zero-order chi connectivity index (χ0) is 32.4. The number of ether oxygens (including phenoxy) is 2. The summed E-state index contributed by atoms with van der Waals surface area (Å²) in [6.07, 6.45) is 30.0. The third-order valence-electron chi connectivity index (χ3n) is 8.11. The van der Waals surface area contributed by atoms with Gasteiger partial charge in [0.2, 0.25) is 0 Å². The van der Waals surface area contributed by atoms with Crippen molar-refractivity contribution in [3.8, 4) is 0 Å². The normalized spacial score (nSPS) is 11.0. The minimum atomic E-state index is -0.693. The van der Waals surface area contributed by atoms with Crippen molar-refractivity contribution in [1.82, 2.24) is 0 Å². The first kappa shape index (κ1) is 41.9. The van der Waals surface area contributed by atoms with Gasteiger partial charge in [0, 0.05) is 25.7 Å². The fraction of sp³-hybridized carbons (Fsp3) is 0.889. The summed E-state index contributed by atoms with van der Waals surface area (Å²) in [5.74, 6) is -1.64. The maximum Gasteiger partial charge on any atom is 0.305 e. The van der Waals surface area contributed by atoms with Crippen LogP contribution in [-0.2, 0) is 28.7 Å². The number of hydrogen-bond acceptors (Lipinski definition) is 6. The lowest BCUT2D eigenvalue weighted by Crippen LogP contribution is -2.08. The summed E-state index contributed by atoms with van der Waals surface area (Å²) in [5.41, 5.74) is 0. The molecule has 258 valence electrons. The van der Waals surface area contributed by atoms with Gasteiger partial charge in [0.05, 0.1) is 13.2 Å². The van der Waals surface area contributed by atoms with Crippen molar-refractivity contribution in [2.75, 3.05) is 13.2 Å². The summed E-state index contributed by atoms with van der Waals surface area (Å²) < 4.78 is 10.6. The van der Waals surface area contributed by atoms with Gasteiger partial charge in [-0.1, -0.05) is 128 Å². The maximum absolute atomic E-state index is 11.9. The third-order valence-corrected chi connectivity index (χ3v) is 8.11. The van der Waals surface area contributed by atoms with Gasteiger partial charge in [-0.2, -0.15) is 0 Å². The van der Waals surface area contributed by atoms with Crippen LogP contribution in [-0.4, -0.2) is 47.3 Å². The van der Waals surface area contributed by atoms with Crippen LogP contribution in [0.5, 0.6) is 0 Å². The second-order valence-electron chi connectivity index (χ2n) is 12.4. The molecule has 0 unspecified atom stereocenters. The molecule has 0 bridgehead atoms. The Hall–Kier alpha value is -2.12. The van der Waals surface area contributed by atoms with E-state index in [9.17, 15) is 19.2 Å². The molecule has 0 spiro atoms. The van der Waals surface area contributed by atoms with Crippen LogP contribution in [0.2, 0.25) is 0 Å². The zero-order valence-electron chi connectivity index (χ0n) is 28.0. The second kappa shape index (κ2) is 33.8. The molecule has 0 saturated heterocycles. The van der Waals surface area contributed by atoms with Crippen molar-refractivity contribution in [3.05, 3.63) is 0 Å². The average Bonchev–Trinajstić information content (AvgIpc) is 2.98. The molecule has 0 heterocycles. The Labute approximate surface area is 268 Å². The predicted octanol–water partition coefficient (Wildman–Crippen LogP) is 9.95. The second-order valence-corrected chi connectivity index (χ2v) is 12.4. The van der Waals surface area contributed by atoms with E-state index >= 15 is 0 Å². The van der Waals surface area contributed by atoms with E-state index in [4.69, 9.17) is 19.7 Å². The highest BCUT2D eigenvalue weighted by Crippen LogP contribution is 2.15. The predicted molar refractivity (Wildman–Crippen MR) is 176 cm³/mol. The number of unbranched alkanes of at least 4 members (excludes halogenated alkanes) is 23. The lowest BCUT2D eigenvalue weighted by molar-refractivity contribution is -0.146. The highest BCUT2D eigenvalue weighted by Gasteiger charge is 2.05. The van der Waals surface area contributed by atoms with Gasteiger partial charge in [0.1, 0.15) is 0 Å². The molecule has 0 aliphatic heterocycles. The Morgan fingerprint density at radius 2 is 0.500 bits per heavy atom. The monoisotopic (exact) mass is 626 g/mol. The van der Waals surface area contributed by atoms with E-state index < -0.39 is 11.9 Å². The molecule has 0 aliphatic rings. The van der Waals surface area contributed by atoms with E-state index in [2.05, 4.69) is 0 Å². The first-order valence-electron chi connectivity index (χ1n) is 18.2. The Kier molecular flexibility index (Phi) is 32.1. The van der Waals surface area contributed by atoms with Gasteiger partial charge in [-0.25, -0.2) is 0 Å². The number of carbonyl (C=O) groups excluding carboxylic acids is 2. The molecule has 0 radical (unpaired) electrons. The van der Waals surface area contributed by atoms with Gasteiger partial charge < -0.3 is 19.7 Å². The number of carboxylic acid groups (broad SMARTS) is 2. The molecule has 0 aromatic carbocycles. The van der Waals surface area contributed by atoms with Crippen LogP contribution in [0.25, 0.3) is 0 Å². The summed E-state index contributed by atoms with van der Waals surface area (Å²) in [7, 11) is 0.